The maximum atomic E-state index is 13.4. The number of para-hydroxylation sites is 1. The van der Waals surface area contributed by atoms with E-state index in [1.165, 1.54) is 12.1 Å². The number of rotatable bonds is 3. The summed E-state index contributed by atoms with van der Waals surface area (Å²) in [4.78, 5) is -0.267. The highest BCUT2D eigenvalue weighted by Gasteiger charge is 2.19. The van der Waals surface area contributed by atoms with Gasteiger partial charge in [0.25, 0.3) is 10.0 Å². The monoisotopic (exact) mass is 294 g/mol. The van der Waals surface area contributed by atoms with E-state index in [2.05, 4.69) is 4.72 Å². The molecule has 2 aromatic carbocycles. The smallest absolute Gasteiger partial charge is 0.264 e. The number of hydrogen-bond acceptors (Lipinski definition) is 3. The Balaban J connectivity index is 2.43. The molecule has 0 aliphatic heterocycles. The maximum Gasteiger partial charge on any atom is 0.264 e. The fourth-order valence-corrected chi connectivity index (χ4v) is 3.18. The molecule has 106 valence electrons. The van der Waals surface area contributed by atoms with Crippen LogP contribution in [0.15, 0.2) is 41.3 Å². The number of nitrogens with one attached hydrogen (secondary N) is 1. The van der Waals surface area contributed by atoms with Crippen molar-refractivity contribution < 1.29 is 12.8 Å². The van der Waals surface area contributed by atoms with Crippen molar-refractivity contribution in [3.8, 4) is 0 Å². The summed E-state index contributed by atoms with van der Waals surface area (Å²) in [5.74, 6) is -0.756. The first-order valence-electron chi connectivity index (χ1n) is 5.95. The van der Waals surface area contributed by atoms with Crippen molar-refractivity contribution in [2.75, 3.05) is 10.5 Å². The molecule has 6 heteroatoms. The van der Waals surface area contributed by atoms with Gasteiger partial charge in [-0.25, -0.2) is 12.8 Å². The van der Waals surface area contributed by atoms with Gasteiger partial charge in [0.15, 0.2) is 0 Å². The van der Waals surface area contributed by atoms with Gasteiger partial charge in [0.1, 0.15) is 10.7 Å². The van der Waals surface area contributed by atoms with Crippen molar-refractivity contribution in [2.45, 2.75) is 18.7 Å². The Morgan fingerprint density at radius 1 is 1.10 bits per heavy atom. The normalized spacial score (nSPS) is 11.3. The summed E-state index contributed by atoms with van der Waals surface area (Å²) < 4.78 is 40.2. The highest BCUT2D eigenvalue weighted by Crippen LogP contribution is 2.24. The number of benzene rings is 2. The van der Waals surface area contributed by atoms with Crippen LogP contribution >= 0.6 is 0 Å². The molecule has 0 aliphatic carbocycles. The molecule has 0 unspecified atom stereocenters. The lowest BCUT2D eigenvalue weighted by molar-refractivity contribution is 0.597. The summed E-state index contributed by atoms with van der Waals surface area (Å²) in [6, 6.07) is 9.00. The van der Waals surface area contributed by atoms with Crippen LogP contribution in [0.1, 0.15) is 11.1 Å². The van der Waals surface area contributed by atoms with E-state index in [1.807, 2.05) is 19.9 Å². The van der Waals surface area contributed by atoms with E-state index in [0.29, 0.717) is 5.69 Å². The molecule has 0 aliphatic rings. The van der Waals surface area contributed by atoms with Gasteiger partial charge in [-0.15, -0.1) is 0 Å². The highest BCUT2D eigenvalue weighted by molar-refractivity contribution is 7.92. The third-order valence-electron chi connectivity index (χ3n) is 2.78. The molecule has 0 atom stereocenters. The lowest BCUT2D eigenvalue weighted by atomic mass is 10.1. The molecular formula is C14H15FN2O2S. The van der Waals surface area contributed by atoms with Gasteiger partial charge in [-0.2, -0.15) is 0 Å². The Morgan fingerprint density at radius 2 is 1.70 bits per heavy atom. The maximum absolute atomic E-state index is 13.4. The quantitative estimate of drug-likeness (QED) is 0.855. The molecule has 0 amide bonds. The Kier molecular flexibility index (Phi) is 3.67. The van der Waals surface area contributed by atoms with E-state index in [9.17, 15) is 12.8 Å². The largest absolute Gasteiger partial charge is 0.395 e. The minimum absolute atomic E-state index is 0.267. The van der Waals surface area contributed by atoms with Gasteiger partial charge in [-0.05, 0) is 49.2 Å². The van der Waals surface area contributed by atoms with E-state index in [4.69, 9.17) is 5.73 Å². The zero-order chi connectivity index (χ0) is 14.9. The summed E-state index contributed by atoms with van der Waals surface area (Å²) in [6.07, 6.45) is 0. The number of sulfonamides is 1. The van der Waals surface area contributed by atoms with Gasteiger partial charge in [0.05, 0.1) is 5.69 Å². The number of nitrogen functional groups attached to an aromatic ring is 1. The summed E-state index contributed by atoms with van der Waals surface area (Å²) >= 11 is 0. The van der Waals surface area contributed by atoms with Crippen LogP contribution in [0.4, 0.5) is 15.8 Å². The number of halogens is 1. The molecule has 20 heavy (non-hydrogen) atoms. The Bertz CT molecular complexity index is 738. The lowest BCUT2D eigenvalue weighted by Crippen LogP contribution is -2.15. The van der Waals surface area contributed by atoms with Gasteiger partial charge < -0.3 is 5.73 Å². The van der Waals surface area contributed by atoms with Crippen LogP contribution < -0.4 is 10.5 Å². The molecule has 0 heterocycles. The van der Waals surface area contributed by atoms with Crippen molar-refractivity contribution in [1.29, 1.82) is 0 Å². The van der Waals surface area contributed by atoms with E-state index in [-0.39, 0.29) is 10.6 Å². The summed E-state index contributed by atoms with van der Waals surface area (Å²) in [5, 5.41) is 0. The summed E-state index contributed by atoms with van der Waals surface area (Å²) in [6.45, 7) is 3.72. The van der Waals surface area contributed by atoms with Gasteiger partial charge in [0.2, 0.25) is 0 Å². The van der Waals surface area contributed by atoms with Crippen molar-refractivity contribution in [3.63, 3.8) is 0 Å². The van der Waals surface area contributed by atoms with Crippen LogP contribution in [0.5, 0.6) is 0 Å². The van der Waals surface area contributed by atoms with Gasteiger partial charge in [0, 0.05) is 5.69 Å². The molecule has 2 rings (SSSR count). The molecule has 0 bridgehead atoms. The molecule has 0 radical (unpaired) electrons. The van der Waals surface area contributed by atoms with Crippen LogP contribution in [0.2, 0.25) is 0 Å². The average molecular weight is 294 g/mol. The van der Waals surface area contributed by atoms with Crippen LogP contribution in [0.25, 0.3) is 0 Å². The second-order valence-electron chi connectivity index (χ2n) is 4.63. The van der Waals surface area contributed by atoms with Crippen LogP contribution in [-0.2, 0) is 10.0 Å². The second-order valence-corrected chi connectivity index (χ2v) is 6.28. The molecule has 0 saturated heterocycles. The molecule has 4 nitrogen and oxygen atoms in total. The predicted octanol–water partition coefficient (Wildman–Crippen LogP) is 2.83. The first-order chi connectivity index (χ1) is 9.29. The Hall–Kier alpha value is -2.08. The molecule has 0 fully saturated rings. The molecular weight excluding hydrogens is 279 g/mol. The van der Waals surface area contributed by atoms with Crippen LogP contribution in [0, 0.1) is 19.7 Å². The number of hydrogen-bond donors (Lipinski definition) is 2. The molecule has 0 saturated carbocycles. The number of nitrogens with two attached hydrogens (primary N) is 1. The highest BCUT2D eigenvalue weighted by atomic mass is 32.2. The average Bonchev–Trinajstić information content (AvgIpc) is 2.30. The molecule has 3 N–H and O–H groups in total. The fraction of sp³-hybridized carbons (Fsp3) is 0.143. The fourth-order valence-electron chi connectivity index (χ4n) is 2.00. The van der Waals surface area contributed by atoms with Crippen LogP contribution in [-0.4, -0.2) is 8.42 Å². The third kappa shape index (κ3) is 2.91. The number of anilines is 2. The standard InChI is InChI=1S/C14H15FN2O2S/c1-9-6-10(2)8-11(7-9)17-20(18,19)13-5-3-4-12(15)14(13)16/h3-8,17H,16H2,1-2H3. The molecule has 0 aromatic heterocycles. The van der Waals surface area contributed by atoms with Crippen molar-refractivity contribution in [2.24, 2.45) is 0 Å². The van der Waals surface area contributed by atoms with E-state index in [1.54, 1.807) is 12.1 Å². The molecule has 2 aromatic rings. The van der Waals surface area contributed by atoms with E-state index in [0.717, 1.165) is 17.2 Å². The number of aryl methyl sites for hydroxylation is 2. The predicted molar refractivity (Wildman–Crippen MR) is 77.5 cm³/mol. The van der Waals surface area contributed by atoms with Gasteiger partial charge >= 0.3 is 0 Å². The first-order valence-corrected chi connectivity index (χ1v) is 7.43. The first kappa shape index (κ1) is 14.3. The van der Waals surface area contributed by atoms with Crippen molar-refractivity contribution in [3.05, 3.63) is 53.3 Å². The SMILES string of the molecule is Cc1cc(C)cc(NS(=O)(=O)c2cccc(F)c2N)c1. The van der Waals surface area contributed by atoms with Crippen molar-refractivity contribution in [1.82, 2.24) is 0 Å². The van der Waals surface area contributed by atoms with E-state index >= 15 is 0 Å². The zero-order valence-electron chi connectivity index (χ0n) is 11.1. The van der Waals surface area contributed by atoms with Gasteiger partial charge in [-0.1, -0.05) is 12.1 Å². The zero-order valence-corrected chi connectivity index (χ0v) is 12.0. The minimum Gasteiger partial charge on any atom is -0.395 e. The third-order valence-corrected chi connectivity index (χ3v) is 4.22. The topological polar surface area (TPSA) is 72.2 Å². The molecule has 0 spiro atoms. The Morgan fingerprint density at radius 3 is 2.30 bits per heavy atom. The van der Waals surface area contributed by atoms with Gasteiger partial charge in [-0.3, -0.25) is 4.72 Å². The van der Waals surface area contributed by atoms with Crippen LogP contribution in [0.3, 0.4) is 0 Å². The summed E-state index contributed by atoms with van der Waals surface area (Å²) in [5.41, 5.74) is 7.38. The second kappa shape index (κ2) is 5.13. The minimum atomic E-state index is -3.92. The summed E-state index contributed by atoms with van der Waals surface area (Å²) in [7, 11) is -3.92. The lowest BCUT2D eigenvalue weighted by Gasteiger charge is -2.11. The van der Waals surface area contributed by atoms with E-state index < -0.39 is 15.8 Å². The Labute approximate surface area is 117 Å². The van der Waals surface area contributed by atoms with Crippen molar-refractivity contribution >= 4 is 21.4 Å².